The van der Waals surface area contributed by atoms with Crippen LogP contribution in [0.15, 0.2) is 28.8 Å². The van der Waals surface area contributed by atoms with Crippen LogP contribution in [-0.2, 0) is 12.1 Å². The van der Waals surface area contributed by atoms with E-state index in [4.69, 9.17) is 20.8 Å². The topological polar surface area (TPSA) is 47.3 Å². The van der Waals surface area contributed by atoms with Gasteiger partial charge in [0.1, 0.15) is 11.5 Å². The highest BCUT2D eigenvalue weighted by Crippen LogP contribution is 2.39. The summed E-state index contributed by atoms with van der Waals surface area (Å²) in [5.41, 5.74) is 0.715. The van der Waals surface area contributed by atoms with Crippen LogP contribution in [0.4, 0.5) is 0 Å². The zero-order valence-electron chi connectivity index (χ0n) is 13.1. The zero-order chi connectivity index (χ0) is 15.7. The van der Waals surface area contributed by atoms with Crippen LogP contribution in [0.5, 0.6) is 5.75 Å². The Morgan fingerprint density at radius 3 is 2.86 bits per heavy atom. The van der Waals surface area contributed by atoms with Crippen LogP contribution >= 0.6 is 11.6 Å². The molecule has 0 saturated heterocycles. The second kappa shape index (κ2) is 5.94. The first-order valence-electron chi connectivity index (χ1n) is 7.53. The molecule has 1 aliphatic rings. The summed E-state index contributed by atoms with van der Waals surface area (Å²) < 4.78 is 11.2. The molecule has 1 saturated carbocycles. The fourth-order valence-electron chi connectivity index (χ4n) is 2.50. The molecule has 1 aromatic carbocycles. The number of aromatic nitrogens is 1. The van der Waals surface area contributed by atoms with Gasteiger partial charge in [-0.2, -0.15) is 0 Å². The molecule has 0 atom stereocenters. The lowest BCUT2D eigenvalue weighted by Gasteiger charge is -2.28. The highest BCUT2D eigenvalue weighted by atomic mass is 35.5. The van der Waals surface area contributed by atoms with Crippen molar-refractivity contribution in [2.45, 2.75) is 44.7 Å². The molecule has 1 N–H and O–H groups in total. The van der Waals surface area contributed by atoms with Gasteiger partial charge in [-0.3, -0.25) is 0 Å². The number of nitrogens with zero attached hydrogens (tertiary/aromatic N) is 1. The highest BCUT2D eigenvalue weighted by molar-refractivity contribution is 6.30. The van der Waals surface area contributed by atoms with Crippen molar-refractivity contribution in [1.82, 2.24) is 10.3 Å². The lowest BCUT2D eigenvalue weighted by atomic mass is 9.93. The summed E-state index contributed by atoms with van der Waals surface area (Å²) in [6.07, 6.45) is 4.20. The molecule has 4 nitrogen and oxygen atoms in total. The molecule has 0 radical (unpaired) electrons. The Morgan fingerprint density at radius 1 is 1.41 bits per heavy atom. The fraction of sp³-hybridized carbons (Fsp3) is 0.471. The van der Waals surface area contributed by atoms with Crippen molar-refractivity contribution in [1.29, 1.82) is 0 Å². The molecule has 1 fully saturated rings. The fourth-order valence-corrected chi connectivity index (χ4v) is 2.67. The van der Waals surface area contributed by atoms with Crippen molar-refractivity contribution < 1.29 is 9.15 Å². The van der Waals surface area contributed by atoms with Gasteiger partial charge in [0.25, 0.3) is 0 Å². The molecule has 1 heterocycles. The summed E-state index contributed by atoms with van der Waals surface area (Å²) in [6.45, 7) is 4.81. The van der Waals surface area contributed by atoms with Crippen LogP contribution < -0.4 is 10.1 Å². The zero-order valence-corrected chi connectivity index (χ0v) is 13.9. The van der Waals surface area contributed by atoms with Gasteiger partial charge in [-0.05, 0) is 44.9 Å². The Labute approximate surface area is 135 Å². The quantitative estimate of drug-likeness (QED) is 0.864. The third-order valence-electron chi connectivity index (χ3n) is 4.04. The second-order valence-corrected chi connectivity index (χ2v) is 6.70. The van der Waals surface area contributed by atoms with Gasteiger partial charge < -0.3 is 14.5 Å². The number of halogens is 1. The Kier molecular flexibility index (Phi) is 4.15. The summed E-state index contributed by atoms with van der Waals surface area (Å²) in [5.74, 6) is 3.08. The molecule has 1 aromatic heterocycles. The monoisotopic (exact) mass is 320 g/mol. The van der Waals surface area contributed by atoms with Crippen molar-refractivity contribution in [3.8, 4) is 5.75 Å². The Bertz CT molecular complexity index is 662. The minimum Gasteiger partial charge on any atom is -0.496 e. The largest absolute Gasteiger partial charge is 0.496 e. The second-order valence-electron chi connectivity index (χ2n) is 6.26. The van der Waals surface area contributed by atoms with Crippen molar-refractivity contribution >= 4 is 11.6 Å². The van der Waals surface area contributed by atoms with Crippen LogP contribution in [0.25, 0.3) is 0 Å². The van der Waals surface area contributed by atoms with Crippen LogP contribution in [0.2, 0.25) is 5.02 Å². The number of benzene rings is 1. The van der Waals surface area contributed by atoms with Gasteiger partial charge >= 0.3 is 0 Å². The number of methoxy groups -OCH3 is 1. The average molecular weight is 321 g/mol. The van der Waals surface area contributed by atoms with E-state index in [9.17, 15) is 0 Å². The molecule has 5 heteroatoms. The number of hydrogen-bond acceptors (Lipinski definition) is 4. The average Bonchev–Trinajstić information content (AvgIpc) is 3.24. The molecular formula is C17H21ClN2O2. The van der Waals surface area contributed by atoms with E-state index >= 15 is 0 Å². The number of ether oxygens (including phenoxy) is 1. The van der Waals surface area contributed by atoms with Gasteiger partial charge in [0.05, 0.1) is 19.9 Å². The Morgan fingerprint density at radius 2 is 2.18 bits per heavy atom. The molecule has 0 spiro atoms. The number of rotatable bonds is 6. The predicted octanol–water partition coefficient (Wildman–Crippen LogP) is 4.24. The van der Waals surface area contributed by atoms with Gasteiger partial charge in [-0.1, -0.05) is 11.6 Å². The molecule has 0 bridgehead atoms. The molecule has 22 heavy (non-hydrogen) atoms. The highest BCUT2D eigenvalue weighted by Gasteiger charge is 2.29. The van der Waals surface area contributed by atoms with E-state index in [-0.39, 0.29) is 5.54 Å². The minimum absolute atomic E-state index is 0.303. The summed E-state index contributed by atoms with van der Waals surface area (Å²) >= 11 is 6.13. The standard InChI is InChI=1S/C17H21ClN2O2/c1-17(2,14-8-12(18)6-7-15(14)21-3)20-10-13-9-19-16(22-13)11-4-5-11/h6-9,11,20H,4-5,10H2,1-3H3. The maximum Gasteiger partial charge on any atom is 0.197 e. The van der Waals surface area contributed by atoms with Crippen molar-refractivity contribution in [2.75, 3.05) is 7.11 Å². The van der Waals surface area contributed by atoms with Gasteiger partial charge in [0, 0.05) is 22.0 Å². The van der Waals surface area contributed by atoms with Crippen LogP contribution in [0, 0.1) is 0 Å². The van der Waals surface area contributed by atoms with Crippen molar-refractivity contribution in [3.63, 3.8) is 0 Å². The maximum atomic E-state index is 6.13. The van der Waals surface area contributed by atoms with E-state index in [0.717, 1.165) is 23.0 Å². The van der Waals surface area contributed by atoms with E-state index in [1.54, 1.807) is 7.11 Å². The van der Waals surface area contributed by atoms with Crippen LogP contribution in [0.1, 0.15) is 49.8 Å². The summed E-state index contributed by atoms with van der Waals surface area (Å²) in [6, 6.07) is 5.66. The van der Waals surface area contributed by atoms with E-state index in [1.807, 2.05) is 24.4 Å². The van der Waals surface area contributed by atoms with Gasteiger partial charge in [0.15, 0.2) is 5.89 Å². The lowest BCUT2D eigenvalue weighted by Crippen LogP contribution is -2.36. The molecule has 3 rings (SSSR count). The minimum atomic E-state index is -0.303. The lowest BCUT2D eigenvalue weighted by molar-refractivity contribution is 0.340. The first-order chi connectivity index (χ1) is 10.5. The van der Waals surface area contributed by atoms with Gasteiger partial charge in [0.2, 0.25) is 0 Å². The molecule has 0 unspecified atom stereocenters. The molecule has 0 aliphatic heterocycles. The number of hydrogen-bond donors (Lipinski definition) is 1. The molecule has 118 valence electrons. The van der Waals surface area contributed by atoms with Gasteiger partial charge in [-0.15, -0.1) is 0 Å². The first kappa shape index (κ1) is 15.4. The SMILES string of the molecule is COc1ccc(Cl)cc1C(C)(C)NCc1cnc(C2CC2)o1. The van der Waals surface area contributed by atoms with E-state index in [2.05, 4.69) is 24.1 Å². The summed E-state index contributed by atoms with van der Waals surface area (Å²) in [4.78, 5) is 4.35. The van der Waals surface area contributed by atoms with E-state index in [0.29, 0.717) is 17.5 Å². The first-order valence-corrected chi connectivity index (χ1v) is 7.91. The Hall–Kier alpha value is -1.52. The van der Waals surface area contributed by atoms with Crippen LogP contribution in [-0.4, -0.2) is 12.1 Å². The third-order valence-corrected chi connectivity index (χ3v) is 4.27. The smallest absolute Gasteiger partial charge is 0.197 e. The maximum absolute atomic E-state index is 6.13. The van der Waals surface area contributed by atoms with Gasteiger partial charge in [-0.25, -0.2) is 4.98 Å². The molecule has 1 aliphatic carbocycles. The van der Waals surface area contributed by atoms with E-state index in [1.165, 1.54) is 12.8 Å². The van der Waals surface area contributed by atoms with E-state index < -0.39 is 0 Å². The van der Waals surface area contributed by atoms with Crippen LogP contribution in [0.3, 0.4) is 0 Å². The number of oxazole rings is 1. The molecular weight excluding hydrogens is 300 g/mol. The Balaban J connectivity index is 1.73. The summed E-state index contributed by atoms with van der Waals surface area (Å²) in [7, 11) is 1.67. The normalized spacial score (nSPS) is 15.1. The van der Waals surface area contributed by atoms with Crippen molar-refractivity contribution in [3.05, 3.63) is 46.6 Å². The predicted molar refractivity (Wildman–Crippen MR) is 86.3 cm³/mol. The van der Waals surface area contributed by atoms with Crippen molar-refractivity contribution in [2.24, 2.45) is 0 Å². The molecule has 2 aromatic rings. The summed E-state index contributed by atoms with van der Waals surface area (Å²) in [5, 5.41) is 4.19. The number of nitrogens with one attached hydrogen (secondary N) is 1. The third kappa shape index (κ3) is 3.28. The molecule has 0 amide bonds.